The van der Waals surface area contributed by atoms with E-state index in [0.29, 0.717) is 11.3 Å². The standard InChI is InChI=1S/C11H13F2NO2/c12-10(13)6-5-9(11(15)16)7-1-3-8(14)4-2-7/h1-4,9-10H,5-6,14H2,(H,15,16)/p-1. The molecule has 5 heteroatoms. The summed E-state index contributed by atoms with van der Waals surface area (Å²) in [4.78, 5) is 10.8. The van der Waals surface area contributed by atoms with Gasteiger partial charge in [0.15, 0.2) is 0 Å². The van der Waals surface area contributed by atoms with Crippen LogP contribution in [0.4, 0.5) is 14.5 Å². The van der Waals surface area contributed by atoms with Crippen LogP contribution in [-0.4, -0.2) is 12.4 Å². The summed E-state index contributed by atoms with van der Waals surface area (Å²) in [6, 6.07) is 6.10. The summed E-state index contributed by atoms with van der Waals surface area (Å²) in [5, 5.41) is 10.8. The van der Waals surface area contributed by atoms with Crippen LogP contribution in [0.1, 0.15) is 24.3 Å². The third-order valence-electron chi connectivity index (χ3n) is 2.30. The van der Waals surface area contributed by atoms with Crippen LogP contribution in [0, 0.1) is 0 Å². The molecule has 0 heterocycles. The fourth-order valence-corrected chi connectivity index (χ4v) is 1.44. The van der Waals surface area contributed by atoms with Crippen LogP contribution in [0.3, 0.4) is 0 Å². The molecule has 0 radical (unpaired) electrons. The molecule has 88 valence electrons. The molecule has 1 aromatic rings. The predicted octanol–water partition coefficient (Wildman–Crippen LogP) is 1.15. The molecule has 2 N–H and O–H groups in total. The van der Waals surface area contributed by atoms with Gasteiger partial charge < -0.3 is 15.6 Å². The van der Waals surface area contributed by atoms with Crippen LogP contribution < -0.4 is 10.8 Å². The van der Waals surface area contributed by atoms with Gasteiger partial charge in [0.2, 0.25) is 6.43 Å². The smallest absolute Gasteiger partial charge is 0.238 e. The van der Waals surface area contributed by atoms with Gasteiger partial charge in [-0.3, -0.25) is 0 Å². The molecule has 0 saturated heterocycles. The number of carbonyl (C=O) groups is 1. The Morgan fingerprint density at radius 2 is 1.81 bits per heavy atom. The molecule has 1 unspecified atom stereocenters. The summed E-state index contributed by atoms with van der Waals surface area (Å²) in [6.07, 6.45) is -3.09. The van der Waals surface area contributed by atoms with Crippen molar-refractivity contribution in [2.75, 3.05) is 5.73 Å². The first-order valence-electron chi connectivity index (χ1n) is 4.85. The van der Waals surface area contributed by atoms with Crippen molar-refractivity contribution in [2.24, 2.45) is 0 Å². The van der Waals surface area contributed by atoms with Gasteiger partial charge in [-0.05, 0) is 24.1 Å². The number of rotatable bonds is 5. The van der Waals surface area contributed by atoms with E-state index in [2.05, 4.69) is 0 Å². The Labute approximate surface area is 91.9 Å². The van der Waals surface area contributed by atoms with Gasteiger partial charge in [-0.2, -0.15) is 0 Å². The maximum absolute atomic E-state index is 12.0. The first-order valence-corrected chi connectivity index (χ1v) is 4.85. The van der Waals surface area contributed by atoms with E-state index in [0.717, 1.165) is 0 Å². The second-order valence-corrected chi connectivity index (χ2v) is 3.51. The number of carboxylic acid groups (broad SMARTS) is 1. The number of hydrogen-bond acceptors (Lipinski definition) is 3. The zero-order valence-electron chi connectivity index (χ0n) is 8.53. The Bertz CT molecular complexity index is 352. The molecule has 0 bridgehead atoms. The lowest BCUT2D eigenvalue weighted by atomic mass is 9.94. The molecule has 16 heavy (non-hydrogen) atoms. The summed E-state index contributed by atoms with van der Waals surface area (Å²) in [6.45, 7) is 0. The summed E-state index contributed by atoms with van der Waals surface area (Å²) in [5.41, 5.74) is 6.38. The Morgan fingerprint density at radius 1 is 1.25 bits per heavy atom. The van der Waals surface area contributed by atoms with E-state index >= 15 is 0 Å². The number of nitrogens with two attached hydrogens (primary N) is 1. The lowest BCUT2D eigenvalue weighted by molar-refractivity contribution is -0.308. The van der Waals surface area contributed by atoms with Gasteiger partial charge in [-0.15, -0.1) is 0 Å². The molecular formula is C11H12F2NO2-. The van der Waals surface area contributed by atoms with Gasteiger partial charge in [0.1, 0.15) is 0 Å². The van der Waals surface area contributed by atoms with Crippen molar-refractivity contribution < 1.29 is 18.7 Å². The predicted molar refractivity (Wildman–Crippen MR) is 53.8 cm³/mol. The van der Waals surface area contributed by atoms with Gasteiger partial charge in [-0.25, -0.2) is 8.78 Å². The van der Waals surface area contributed by atoms with Gasteiger partial charge in [0.25, 0.3) is 0 Å². The van der Waals surface area contributed by atoms with Crippen LogP contribution in [0.2, 0.25) is 0 Å². The highest BCUT2D eigenvalue weighted by Crippen LogP contribution is 2.23. The Kier molecular flexibility index (Phi) is 4.22. The molecule has 0 aliphatic rings. The van der Waals surface area contributed by atoms with Gasteiger partial charge in [0, 0.05) is 24.0 Å². The number of carbonyl (C=O) groups excluding carboxylic acids is 1. The fraction of sp³-hybridized carbons (Fsp3) is 0.364. The van der Waals surface area contributed by atoms with E-state index in [1.165, 1.54) is 24.3 Å². The number of benzene rings is 1. The number of nitrogen functional groups attached to an aromatic ring is 1. The molecule has 1 rings (SSSR count). The Hall–Kier alpha value is -1.65. The molecule has 1 atom stereocenters. The SMILES string of the molecule is Nc1ccc(C(CCC(F)F)C(=O)[O-])cc1. The first-order chi connectivity index (χ1) is 7.50. The van der Waals surface area contributed by atoms with E-state index in [-0.39, 0.29) is 6.42 Å². The fourth-order valence-electron chi connectivity index (χ4n) is 1.44. The quantitative estimate of drug-likeness (QED) is 0.769. The minimum atomic E-state index is -2.50. The molecule has 3 nitrogen and oxygen atoms in total. The Balaban J connectivity index is 2.77. The molecule has 0 fully saturated rings. The third-order valence-corrected chi connectivity index (χ3v) is 2.30. The van der Waals surface area contributed by atoms with Crippen molar-refractivity contribution in [1.29, 1.82) is 0 Å². The second kappa shape index (κ2) is 5.44. The number of alkyl halides is 2. The monoisotopic (exact) mass is 228 g/mol. The normalized spacial score (nSPS) is 12.7. The average molecular weight is 228 g/mol. The molecule has 0 aliphatic heterocycles. The topological polar surface area (TPSA) is 66.2 Å². The van der Waals surface area contributed by atoms with Crippen molar-refractivity contribution >= 4 is 11.7 Å². The number of aliphatic carboxylic acids is 1. The van der Waals surface area contributed by atoms with Crippen LogP contribution in [-0.2, 0) is 4.79 Å². The summed E-state index contributed by atoms with van der Waals surface area (Å²) >= 11 is 0. The van der Waals surface area contributed by atoms with Crippen LogP contribution in [0.25, 0.3) is 0 Å². The molecule has 0 saturated carbocycles. The maximum Gasteiger partial charge on any atom is 0.238 e. The third kappa shape index (κ3) is 3.49. The van der Waals surface area contributed by atoms with E-state index in [4.69, 9.17) is 5.73 Å². The van der Waals surface area contributed by atoms with Gasteiger partial charge in [0.05, 0.1) is 0 Å². The second-order valence-electron chi connectivity index (χ2n) is 3.51. The molecule has 0 amide bonds. The molecule has 0 aromatic heterocycles. The van der Waals surface area contributed by atoms with Gasteiger partial charge >= 0.3 is 0 Å². The minimum Gasteiger partial charge on any atom is -0.549 e. The van der Waals surface area contributed by atoms with E-state index in [1.807, 2.05) is 0 Å². The summed E-state index contributed by atoms with van der Waals surface area (Å²) < 4.78 is 24.0. The summed E-state index contributed by atoms with van der Waals surface area (Å²) in [7, 11) is 0. The molecular weight excluding hydrogens is 216 g/mol. The van der Waals surface area contributed by atoms with Crippen molar-refractivity contribution in [3.63, 3.8) is 0 Å². The zero-order valence-corrected chi connectivity index (χ0v) is 8.53. The van der Waals surface area contributed by atoms with Crippen LogP contribution in [0.15, 0.2) is 24.3 Å². The number of carboxylic acids is 1. The Morgan fingerprint density at radius 3 is 2.25 bits per heavy atom. The molecule has 1 aromatic carbocycles. The lowest BCUT2D eigenvalue weighted by Crippen LogP contribution is -2.30. The van der Waals surface area contributed by atoms with E-state index in [1.54, 1.807) is 0 Å². The van der Waals surface area contributed by atoms with Crippen LogP contribution in [0.5, 0.6) is 0 Å². The molecule has 0 spiro atoms. The summed E-state index contributed by atoms with van der Waals surface area (Å²) in [5.74, 6) is -2.35. The highest BCUT2D eigenvalue weighted by atomic mass is 19.3. The van der Waals surface area contributed by atoms with E-state index < -0.39 is 24.7 Å². The van der Waals surface area contributed by atoms with Gasteiger partial charge in [-0.1, -0.05) is 12.1 Å². The largest absolute Gasteiger partial charge is 0.549 e. The minimum absolute atomic E-state index is 0.135. The zero-order chi connectivity index (χ0) is 12.1. The number of hydrogen-bond donors (Lipinski definition) is 1. The lowest BCUT2D eigenvalue weighted by Gasteiger charge is -2.18. The highest BCUT2D eigenvalue weighted by Gasteiger charge is 2.15. The first kappa shape index (κ1) is 12.4. The number of anilines is 1. The highest BCUT2D eigenvalue weighted by molar-refractivity contribution is 5.74. The van der Waals surface area contributed by atoms with Crippen molar-refractivity contribution in [1.82, 2.24) is 0 Å². The van der Waals surface area contributed by atoms with E-state index in [9.17, 15) is 18.7 Å². The number of halogens is 2. The van der Waals surface area contributed by atoms with Crippen LogP contribution >= 0.6 is 0 Å². The van der Waals surface area contributed by atoms with Crippen molar-refractivity contribution in [3.05, 3.63) is 29.8 Å². The van der Waals surface area contributed by atoms with Crippen molar-refractivity contribution in [3.8, 4) is 0 Å². The molecule has 0 aliphatic carbocycles. The van der Waals surface area contributed by atoms with Crippen molar-refractivity contribution in [2.45, 2.75) is 25.2 Å². The average Bonchev–Trinajstić information content (AvgIpc) is 2.20. The maximum atomic E-state index is 12.0.